The Morgan fingerprint density at radius 3 is 2.61 bits per heavy atom. The molecule has 0 bridgehead atoms. The molecule has 1 atom stereocenters. The van der Waals surface area contributed by atoms with Gasteiger partial charge < -0.3 is 0 Å². The lowest BCUT2D eigenvalue weighted by molar-refractivity contribution is -0.124. The lowest BCUT2D eigenvalue weighted by Gasteiger charge is -2.19. The minimum atomic E-state index is -0.339. The van der Waals surface area contributed by atoms with Crippen molar-refractivity contribution < 1.29 is 14.0 Å². The fourth-order valence-electron chi connectivity index (χ4n) is 2.45. The summed E-state index contributed by atoms with van der Waals surface area (Å²) in [6.07, 6.45) is 4.66. The Balaban J connectivity index is 1.88. The van der Waals surface area contributed by atoms with Crippen molar-refractivity contribution in [1.29, 1.82) is 0 Å². The van der Waals surface area contributed by atoms with Crippen LogP contribution in [0.2, 0.25) is 0 Å². The smallest absolute Gasteiger partial charge is 0.162 e. The average molecular weight is 248 g/mol. The van der Waals surface area contributed by atoms with Gasteiger partial charge in [-0.3, -0.25) is 9.59 Å². The molecule has 1 fully saturated rings. The standard InChI is InChI=1S/C15H17FO2/c16-13-8-5-12(6-9-13)15(18)10-7-11-3-1-2-4-14(11)17/h5-6,8-9,11H,1-4,7,10H2. The van der Waals surface area contributed by atoms with Gasteiger partial charge in [0.1, 0.15) is 11.6 Å². The maximum atomic E-state index is 12.7. The van der Waals surface area contributed by atoms with Crippen molar-refractivity contribution in [2.24, 2.45) is 5.92 Å². The van der Waals surface area contributed by atoms with E-state index in [1.807, 2.05) is 0 Å². The molecule has 18 heavy (non-hydrogen) atoms. The first kappa shape index (κ1) is 12.9. The second-order valence-electron chi connectivity index (χ2n) is 4.88. The van der Waals surface area contributed by atoms with E-state index in [4.69, 9.17) is 0 Å². The molecular weight excluding hydrogens is 231 g/mol. The first-order valence-corrected chi connectivity index (χ1v) is 6.48. The Morgan fingerprint density at radius 1 is 1.22 bits per heavy atom. The van der Waals surface area contributed by atoms with Gasteiger partial charge in [-0.15, -0.1) is 0 Å². The summed E-state index contributed by atoms with van der Waals surface area (Å²) >= 11 is 0. The lowest BCUT2D eigenvalue weighted by atomic mass is 9.84. The molecule has 2 nitrogen and oxygen atoms in total. The number of hydrogen-bond acceptors (Lipinski definition) is 2. The van der Waals surface area contributed by atoms with Crippen LogP contribution in [0.15, 0.2) is 24.3 Å². The quantitative estimate of drug-likeness (QED) is 0.764. The Labute approximate surface area is 106 Å². The van der Waals surface area contributed by atoms with Crippen LogP contribution < -0.4 is 0 Å². The molecule has 1 aliphatic carbocycles. The molecule has 0 N–H and O–H groups in total. The highest BCUT2D eigenvalue weighted by atomic mass is 19.1. The van der Waals surface area contributed by atoms with Crippen molar-refractivity contribution in [3.8, 4) is 0 Å². The predicted molar refractivity (Wildman–Crippen MR) is 66.9 cm³/mol. The fraction of sp³-hybridized carbons (Fsp3) is 0.467. The van der Waals surface area contributed by atoms with Crippen molar-refractivity contribution >= 4 is 11.6 Å². The zero-order valence-corrected chi connectivity index (χ0v) is 10.3. The summed E-state index contributed by atoms with van der Waals surface area (Å²) in [7, 11) is 0. The van der Waals surface area contributed by atoms with Crippen LogP contribution in [0.3, 0.4) is 0 Å². The molecule has 1 aromatic rings. The molecule has 1 aliphatic rings. The number of rotatable bonds is 4. The van der Waals surface area contributed by atoms with Gasteiger partial charge >= 0.3 is 0 Å². The molecule has 3 heteroatoms. The Morgan fingerprint density at radius 2 is 1.94 bits per heavy atom. The molecule has 96 valence electrons. The van der Waals surface area contributed by atoms with Crippen LogP contribution in [0.1, 0.15) is 48.9 Å². The normalized spacial score (nSPS) is 19.8. The van der Waals surface area contributed by atoms with E-state index in [2.05, 4.69) is 0 Å². The third-order valence-electron chi connectivity index (χ3n) is 3.57. The van der Waals surface area contributed by atoms with Crippen LogP contribution in [0, 0.1) is 11.7 Å². The number of carbonyl (C=O) groups excluding carboxylic acids is 2. The summed E-state index contributed by atoms with van der Waals surface area (Å²) in [4.78, 5) is 23.5. The largest absolute Gasteiger partial charge is 0.299 e. The molecule has 0 spiro atoms. The highest BCUT2D eigenvalue weighted by Gasteiger charge is 2.22. The van der Waals surface area contributed by atoms with E-state index >= 15 is 0 Å². The molecular formula is C15H17FO2. The topological polar surface area (TPSA) is 34.1 Å². The predicted octanol–water partition coefficient (Wildman–Crippen LogP) is 3.55. The minimum absolute atomic E-state index is 0.00614. The maximum absolute atomic E-state index is 12.7. The summed E-state index contributed by atoms with van der Waals surface area (Å²) in [5.41, 5.74) is 0.527. The molecule has 0 saturated heterocycles. The van der Waals surface area contributed by atoms with Gasteiger partial charge in [0.15, 0.2) is 5.78 Å². The molecule has 1 saturated carbocycles. The maximum Gasteiger partial charge on any atom is 0.162 e. The molecule has 0 aliphatic heterocycles. The van der Waals surface area contributed by atoms with E-state index in [0.717, 1.165) is 19.3 Å². The summed E-state index contributed by atoms with van der Waals surface area (Å²) in [6, 6.07) is 5.58. The average Bonchev–Trinajstić information content (AvgIpc) is 2.38. The molecule has 0 radical (unpaired) electrons. The second-order valence-corrected chi connectivity index (χ2v) is 4.88. The summed E-state index contributed by atoms with van der Waals surface area (Å²) < 4.78 is 12.7. The van der Waals surface area contributed by atoms with Crippen molar-refractivity contribution in [2.75, 3.05) is 0 Å². The van der Waals surface area contributed by atoms with Gasteiger partial charge in [-0.1, -0.05) is 6.42 Å². The van der Waals surface area contributed by atoms with Crippen LogP contribution in [-0.2, 0) is 4.79 Å². The van der Waals surface area contributed by atoms with Crippen LogP contribution in [0.25, 0.3) is 0 Å². The summed E-state index contributed by atoms with van der Waals surface area (Å²) in [6.45, 7) is 0. The third kappa shape index (κ3) is 3.25. The first-order valence-electron chi connectivity index (χ1n) is 6.48. The SMILES string of the molecule is O=C(CCC1CCCCC1=O)c1ccc(F)cc1. The molecule has 1 unspecified atom stereocenters. The van der Waals surface area contributed by atoms with Crippen LogP contribution in [-0.4, -0.2) is 11.6 Å². The summed E-state index contributed by atoms with van der Waals surface area (Å²) in [5, 5.41) is 0. The van der Waals surface area contributed by atoms with E-state index in [1.165, 1.54) is 24.3 Å². The van der Waals surface area contributed by atoms with Gasteiger partial charge in [-0.2, -0.15) is 0 Å². The van der Waals surface area contributed by atoms with Crippen molar-refractivity contribution in [1.82, 2.24) is 0 Å². The van der Waals surface area contributed by atoms with E-state index in [9.17, 15) is 14.0 Å². The van der Waals surface area contributed by atoms with Gasteiger partial charge in [0.05, 0.1) is 0 Å². The Bertz CT molecular complexity index is 436. The fourth-order valence-corrected chi connectivity index (χ4v) is 2.45. The number of ketones is 2. The number of carbonyl (C=O) groups is 2. The molecule has 0 amide bonds. The zero-order valence-electron chi connectivity index (χ0n) is 10.3. The molecule has 0 heterocycles. The Hall–Kier alpha value is -1.51. The highest BCUT2D eigenvalue weighted by molar-refractivity contribution is 5.96. The number of hydrogen-bond donors (Lipinski definition) is 0. The molecule has 1 aromatic carbocycles. The number of halogens is 1. The third-order valence-corrected chi connectivity index (χ3v) is 3.57. The second kappa shape index (κ2) is 5.89. The monoisotopic (exact) mass is 248 g/mol. The summed E-state index contributed by atoms with van der Waals surface area (Å²) in [5.74, 6) is 0.0127. The molecule has 2 rings (SSSR count). The number of benzene rings is 1. The van der Waals surface area contributed by atoms with Crippen molar-refractivity contribution in [3.63, 3.8) is 0 Å². The molecule has 0 aromatic heterocycles. The van der Waals surface area contributed by atoms with Crippen LogP contribution in [0.5, 0.6) is 0 Å². The van der Waals surface area contributed by atoms with Gasteiger partial charge in [-0.05, 0) is 43.5 Å². The van der Waals surface area contributed by atoms with Gasteiger partial charge in [0, 0.05) is 24.3 Å². The van der Waals surface area contributed by atoms with E-state index in [1.54, 1.807) is 0 Å². The van der Waals surface area contributed by atoms with Crippen molar-refractivity contribution in [2.45, 2.75) is 38.5 Å². The van der Waals surface area contributed by atoms with Crippen LogP contribution >= 0.6 is 0 Å². The van der Waals surface area contributed by atoms with E-state index < -0.39 is 0 Å². The number of Topliss-reactive ketones (excluding diaryl/α,β-unsaturated/α-hetero) is 2. The zero-order chi connectivity index (χ0) is 13.0. The van der Waals surface area contributed by atoms with Gasteiger partial charge in [0.2, 0.25) is 0 Å². The highest BCUT2D eigenvalue weighted by Crippen LogP contribution is 2.25. The van der Waals surface area contributed by atoms with Crippen LogP contribution in [0.4, 0.5) is 4.39 Å². The van der Waals surface area contributed by atoms with Crippen molar-refractivity contribution in [3.05, 3.63) is 35.6 Å². The minimum Gasteiger partial charge on any atom is -0.299 e. The van der Waals surface area contributed by atoms with Gasteiger partial charge in [0.25, 0.3) is 0 Å². The van der Waals surface area contributed by atoms with Gasteiger partial charge in [-0.25, -0.2) is 4.39 Å². The van der Waals surface area contributed by atoms with E-state index in [-0.39, 0.29) is 17.5 Å². The Kier molecular flexibility index (Phi) is 4.24. The van der Waals surface area contributed by atoms with E-state index in [0.29, 0.717) is 30.6 Å². The lowest BCUT2D eigenvalue weighted by Crippen LogP contribution is -2.19. The first-order chi connectivity index (χ1) is 8.66.